The van der Waals surface area contributed by atoms with E-state index in [1.807, 2.05) is 12.1 Å². The SMILES string of the molecule is NCCc1ccc(OCCOCCC2CCC2)cc1. The van der Waals surface area contributed by atoms with E-state index in [4.69, 9.17) is 15.2 Å². The van der Waals surface area contributed by atoms with Crippen LogP contribution in [0.15, 0.2) is 24.3 Å². The molecule has 0 spiro atoms. The maximum Gasteiger partial charge on any atom is 0.119 e. The summed E-state index contributed by atoms with van der Waals surface area (Å²) in [5, 5.41) is 0. The molecule has 19 heavy (non-hydrogen) atoms. The largest absolute Gasteiger partial charge is 0.491 e. The molecule has 106 valence electrons. The van der Waals surface area contributed by atoms with Gasteiger partial charge in [0.2, 0.25) is 0 Å². The minimum absolute atomic E-state index is 0.626. The zero-order chi connectivity index (χ0) is 13.3. The van der Waals surface area contributed by atoms with E-state index in [2.05, 4.69) is 12.1 Å². The molecule has 0 aromatic heterocycles. The predicted octanol–water partition coefficient (Wildman–Crippen LogP) is 2.77. The van der Waals surface area contributed by atoms with E-state index in [9.17, 15) is 0 Å². The molecule has 0 atom stereocenters. The molecule has 0 bridgehead atoms. The van der Waals surface area contributed by atoms with Gasteiger partial charge >= 0.3 is 0 Å². The molecule has 0 aliphatic heterocycles. The Morgan fingerprint density at radius 3 is 2.47 bits per heavy atom. The number of ether oxygens (including phenoxy) is 2. The second-order valence-electron chi connectivity index (χ2n) is 5.23. The van der Waals surface area contributed by atoms with Crippen molar-refractivity contribution in [3.05, 3.63) is 29.8 Å². The van der Waals surface area contributed by atoms with Crippen LogP contribution in [0.4, 0.5) is 0 Å². The summed E-state index contributed by atoms with van der Waals surface area (Å²) in [6.45, 7) is 2.87. The first-order valence-electron chi connectivity index (χ1n) is 7.38. The van der Waals surface area contributed by atoms with E-state index >= 15 is 0 Å². The first-order chi connectivity index (χ1) is 9.38. The highest BCUT2D eigenvalue weighted by atomic mass is 16.5. The lowest BCUT2D eigenvalue weighted by atomic mass is 9.83. The molecule has 1 aromatic rings. The molecule has 3 nitrogen and oxygen atoms in total. The summed E-state index contributed by atoms with van der Waals surface area (Å²) >= 11 is 0. The fraction of sp³-hybridized carbons (Fsp3) is 0.625. The second kappa shape index (κ2) is 8.18. The van der Waals surface area contributed by atoms with Gasteiger partial charge in [-0.1, -0.05) is 31.4 Å². The van der Waals surface area contributed by atoms with Gasteiger partial charge in [-0.2, -0.15) is 0 Å². The monoisotopic (exact) mass is 263 g/mol. The molecule has 0 unspecified atom stereocenters. The molecule has 0 radical (unpaired) electrons. The van der Waals surface area contributed by atoms with Gasteiger partial charge < -0.3 is 15.2 Å². The van der Waals surface area contributed by atoms with Crippen molar-refractivity contribution in [1.29, 1.82) is 0 Å². The second-order valence-corrected chi connectivity index (χ2v) is 5.23. The summed E-state index contributed by atoms with van der Waals surface area (Å²) in [4.78, 5) is 0. The normalized spacial score (nSPS) is 15.2. The van der Waals surface area contributed by atoms with Crippen molar-refractivity contribution in [3.8, 4) is 5.75 Å². The number of rotatable bonds is 9. The molecule has 2 rings (SSSR count). The van der Waals surface area contributed by atoms with E-state index in [-0.39, 0.29) is 0 Å². The topological polar surface area (TPSA) is 44.5 Å². The maximum atomic E-state index is 5.63. The van der Waals surface area contributed by atoms with Crippen LogP contribution in [0.1, 0.15) is 31.2 Å². The number of nitrogens with two attached hydrogens (primary N) is 1. The third-order valence-electron chi connectivity index (χ3n) is 3.75. The Balaban J connectivity index is 1.52. The standard InChI is InChI=1S/C16H25NO2/c17-10-8-15-4-6-16(7-5-15)19-13-12-18-11-9-14-2-1-3-14/h4-7,14H,1-3,8-13,17H2. The summed E-state index contributed by atoms with van der Waals surface area (Å²) in [5.74, 6) is 1.83. The molecule has 1 saturated carbocycles. The third kappa shape index (κ3) is 5.21. The van der Waals surface area contributed by atoms with Gasteiger partial charge in [0.1, 0.15) is 12.4 Å². The lowest BCUT2D eigenvalue weighted by Gasteiger charge is -2.24. The van der Waals surface area contributed by atoms with Crippen molar-refractivity contribution in [2.24, 2.45) is 11.7 Å². The molecular weight excluding hydrogens is 238 g/mol. The van der Waals surface area contributed by atoms with Crippen LogP contribution in [-0.4, -0.2) is 26.4 Å². The maximum absolute atomic E-state index is 5.63. The average Bonchev–Trinajstić information content (AvgIpc) is 2.38. The van der Waals surface area contributed by atoms with Crippen molar-refractivity contribution >= 4 is 0 Å². The van der Waals surface area contributed by atoms with Gasteiger partial charge in [0.25, 0.3) is 0 Å². The van der Waals surface area contributed by atoms with Crippen molar-refractivity contribution in [2.45, 2.75) is 32.1 Å². The summed E-state index contributed by atoms with van der Waals surface area (Å²) in [5.41, 5.74) is 6.77. The van der Waals surface area contributed by atoms with Gasteiger partial charge in [0.05, 0.1) is 6.61 Å². The van der Waals surface area contributed by atoms with Gasteiger partial charge in [-0.3, -0.25) is 0 Å². The van der Waals surface area contributed by atoms with E-state index in [0.29, 0.717) is 19.8 Å². The van der Waals surface area contributed by atoms with Gasteiger partial charge in [-0.25, -0.2) is 0 Å². The van der Waals surface area contributed by atoms with Gasteiger partial charge in [0, 0.05) is 6.61 Å². The fourth-order valence-corrected chi connectivity index (χ4v) is 2.27. The first kappa shape index (κ1) is 14.4. The molecule has 0 saturated heterocycles. The third-order valence-corrected chi connectivity index (χ3v) is 3.75. The summed E-state index contributed by atoms with van der Waals surface area (Å²) in [7, 11) is 0. The van der Waals surface area contributed by atoms with Crippen LogP contribution < -0.4 is 10.5 Å². The van der Waals surface area contributed by atoms with Crippen LogP contribution in [0, 0.1) is 5.92 Å². The quantitative estimate of drug-likeness (QED) is 0.697. The summed E-state index contributed by atoms with van der Waals surface area (Å²) in [6, 6.07) is 8.14. The fourth-order valence-electron chi connectivity index (χ4n) is 2.27. The van der Waals surface area contributed by atoms with Gasteiger partial charge in [0.15, 0.2) is 0 Å². The van der Waals surface area contributed by atoms with Crippen LogP contribution in [0.3, 0.4) is 0 Å². The zero-order valence-corrected chi connectivity index (χ0v) is 11.6. The minimum Gasteiger partial charge on any atom is -0.491 e. The van der Waals surface area contributed by atoms with Crippen molar-refractivity contribution < 1.29 is 9.47 Å². The smallest absolute Gasteiger partial charge is 0.119 e. The Morgan fingerprint density at radius 1 is 1.05 bits per heavy atom. The number of hydrogen-bond acceptors (Lipinski definition) is 3. The minimum atomic E-state index is 0.626. The summed E-state index contributed by atoms with van der Waals surface area (Å²) in [6.07, 6.45) is 6.34. The molecule has 1 fully saturated rings. The van der Waals surface area contributed by atoms with Crippen molar-refractivity contribution in [3.63, 3.8) is 0 Å². The Labute approximate surface area is 116 Å². The molecule has 0 amide bonds. The Hall–Kier alpha value is -1.06. The highest BCUT2D eigenvalue weighted by Gasteiger charge is 2.16. The number of hydrogen-bond donors (Lipinski definition) is 1. The Kier molecular flexibility index (Phi) is 6.18. The highest BCUT2D eigenvalue weighted by Crippen LogP contribution is 2.29. The molecule has 1 aromatic carbocycles. The average molecular weight is 263 g/mol. The molecule has 1 aliphatic carbocycles. The summed E-state index contributed by atoms with van der Waals surface area (Å²) < 4.78 is 11.2. The van der Waals surface area contributed by atoms with E-state index in [1.165, 1.54) is 31.2 Å². The Bertz CT molecular complexity index is 346. The zero-order valence-electron chi connectivity index (χ0n) is 11.6. The lowest BCUT2D eigenvalue weighted by molar-refractivity contribution is 0.0812. The highest BCUT2D eigenvalue weighted by molar-refractivity contribution is 5.27. The van der Waals surface area contributed by atoms with Crippen LogP contribution in [-0.2, 0) is 11.2 Å². The van der Waals surface area contributed by atoms with Crippen LogP contribution in [0.5, 0.6) is 5.75 Å². The lowest BCUT2D eigenvalue weighted by Crippen LogP contribution is -2.15. The van der Waals surface area contributed by atoms with E-state index in [1.54, 1.807) is 0 Å². The molecule has 3 heteroatoms. The van der Waals surface area contributed by atoms with Crippen LogP contribution in [0.2, 0.25) is 0 Å². The number of benzene rings is 1. The van der Waals surface area contributed by atoms with Gasteiger partial charge in [-0.15, -0.1) is 0 Å². The molecule has 1 aliphatic rings. The molecule has 0 heterocycles. The van der Waals surface area contributed by atoms with E-state index < -0.39 is 0 Å². The Morgan fingerprint density at radius 2 is 1.84 bits per heavy atom. The molecular formula is C16H25NO2. The van der Waals surface area contributed by atoms with Crippen molar-refractivity contribution in [1.82, 2.24) is 0 Å². The van der Waals surface area contributed by atoms with Crippen LogP contribution in [0.25, 0.3) is 0 Å². The predicted molar refractivity (Wildman–Crippen MR) is 77.5 cm³/mol. The van der Waals surface area contributed by atoms with Crippen LogP contribution >= 0.6 is 0 Å². The van der Waals surface area contributed by atoms with Crippen molar-refractivity contribution in [2.75, 3.05) is 26.4 Å². The first-order valence-corrected chi connectivity index (χ1v) is 7.38. The van der Waals surface area contributed by atoms with Gasteiger partial charge in [-0.05, 0) is 43.0 Å². The molecule has 2 N–H and O–H groups in total. The van der Waals surface area contributed by atoms with E-state index in [0.717, 1.165) is 24.7 Å².